The molecule has 0 aromatic heterocycles. The van der Waals surface area contributed by atoms with Gasteiger partial charge in [-0.05, 0) is 55.0 Å². The fourth-order valence-electron chi connectivity index (χ4n) is 2.93. The zero-order valence-corrected chi connectivity index (χ0v) is 18.0. The van der Waals surface area contributed by atoms with Crippen LogP contribution in [0.2, 0.25) is 5.02 Å². The van der Waals surface area contributed by atoms with Crippen molar-refractivity contribution in [2.45, 2.75) is 18.4 Å². The van der Waals surface area contributed by atoms with E-state index in [4.69, 9.17) is 21.1 Å². The third-order valence-corrected chi connectivity index (χ3v) is 6.50. The van der Waals surface area contributed by atoms with Crippen LogP contribution in [-0.4, -0.2) is 22.6 Å². The molecule has 5 nitrogen and oxygen atoms in total. The Morgan fingerprint density at radius 3 is 2.21 bits per heavy atom. The molecular weight excluding hydrogens is 410 g/mol. The molecule has 0 N–H and O–H groups in total. The van der Waals surface area contributed by atoms with Gasteiger partial charge in [0.05, 0.1) is 31.3 Å². The molecule has 7 heteroatoms. The van der Waals surface area contributed by atoms with Crippen LogP contribution in [-0.2, 0) is 16.6 Å². The topological polar surface area (TPSA) is 55.8 Å². The fourth-order valence-corrected chi connectivity index (χ4v) is 4.56. The summed E-state index contributed by atoms with van der Waals surface area (Å²) in [5.41, 5.74) is 2.21. The lowest BCUT2D eigenvalue weighted by Crippen LogP contribution is -2.30. The summed E-state index contributed by atoms with van der Waals surface area (Å²) in [4.78, 5) is 0.212. The summed E-state index contributed by atoms with van der Waals surface area (Å²) < 4.78 is 38.9. The number of hydrogen-bond acceptors (Lipinski definition) is 4. The van der Waals surface area contributed by atoms with Crippen molar-refractivity contribution in [3.63, 3.8) is 0 Å². The summed E-state index contributed by atoms with van der Waals surface area (Å²) in [7, 11) is -0.724. The number of methoxy groups -OCH3 is 2. The fraction of sp³-hybridized carbons (Fsp3) is 0.182. The second-order valence-corrected chi connectivity index (χ2v) is 8.79. The molecule has 0 bridgehead atoms. The molecule has 0 spiro atoms. The van der Waals surface area contributed by atoms with E-state index in [-0.39, 0.29) is 11.4 Å². The van der Waals surface area contributed by atoms with E-state index in [0.29, 0.717) is 22.2 Å². The molecule has 0 aliphatic rings. The third-order valence-electron chi connectivity index (χ3n) is 4.48. The van der Waals surface area contributed by atoms with Crippen LogP contribution in [0, 0.1) is 6.92 Å². The summed E-state index contributed by atoms with van der Waals surface area (Å²) >= 11 is 6.14. The van der Waals surface area contributed by atoms with Crippen LogP contribution in [0.5, 0.6) is 11.5 Å². The van der Waals surface area contributed by atoms with Gasteiger partial charge in [-0.1, -0.05) is 41.4 Å². The van der Waals surface area contributed by atoms with Gasteiger partial charge in [0, 0.05) is 5.02 Å². The average molecular weight is 432 g/mol. The summed E-state index contributed by atoms with van der Waals surface area (Å²) in [5.74, 6) is 1.11. The van der Waals surface area contributed by atoms with Gasteiger partial charge in [-0.2, -0.15) is 0 Å². The van der Waals surface area contributed by atoms with Gasteiger partial charge in [0.25, 0.3) is 10.0 Å². The maximum absolute atomic E-state index is 13.5. The van der Waals surface area contributed by atoms with Gasteiger partial charge in [0.1, 0.15) is 0 Å². The van der Waals surface area contributed by atoms with Crippen molar-refractivity contribution in [1.82, 2.24) is 0 Å². The number of anilines is 1. The van der Waals surface area contributed by atoms with Crippen molar-refractivity contribution in [2.75, 3.05) is 18.5 Å². The van der Waals surface area contributed by atoms with Crippen LogP contribution in [0.25, 0.3) is 0 Å². The molecular formula is C22H22ClNO4S. The van der Waals surface area contributed by atoms with Crippen molar-refractivity contribution in [2.24, 2.45) is 0 Å². The quantitative estimate of drug-likeness (QED) is 0.524. The highest BCUT2D eigenvalue weighted by Gasteiger charge is 2.26. The summed E-state index contributed by atoms with van der Waals surface area (Å²) in [6, 6.07) is 18.9. The molecule has 0 saturated carbocycles. The molecule has 0 fully saturated rings. The van der Waals surface area contributed by atoms with Crippen LogP contribution in [0.1, 0.15) is 11.1 Å². The first-order chi connectivity index (χ1) is 13.8. The van der Waals surface area contributed by atoms with Crippen molar-refractivity contribution < 1.29 is 17.9 Å². The minimum absolute atomic E-state index is 0.108. The standard InChI is InChI=1S/C22H22ClNO4S/c1-16-7-10-20(11-8-16)29(25,26)24(19-6-4-5-18(23)14-19)15-17-9-12-21(27-2)22(13-17)28-3/h4-14H,15H2,1-3H3. The molecule has 0 amide bonds. The third kappa shape index (κ3) is 4.66. The van der Waals surface area contributed by atoms with E-state index in [2.05, 4.69) is 0 Å². The van der Waals surface area contributed by atoms with E-state index in [1.54, 1.807) is 74.9 Å². The van der Waals surface area contributed by atoms with E-state index >= 15 is 0 Å². The number of rotatable bonds is 7. The van der Waals surface area contributed by atoms with Crippen LogP contribution in [0.15, 0.2) is 71.6 Å². The van der Waals surface area contributed by atoms with Crippen molar-refractivity contribution in [3.05, 3.63) is 82.9 Å². The van der Waals surface area contributed by atoms with Gasteiger partial charge < -0.3 is 9.47 Å². The average Bonchev–Trinajstić information content (AvgIpc) is 2.72. The molecule has 152 valence electrons. The zero-order valence-electron chi connectivity index (χ0n) is 16.4. The van der Waals surface area contributed by atoms with Gasteiger partial charge in [0.15, 0.2) is 11.5 Å². The Bertz CT molecular complexity index is 1100. The highest BCUT2D eigenvalue weighted by atomic mass is 35.5. The first kappa shape index (κ1) is 21.0. The van der Waals surface area contributed by atoms with Crippen molar-refractivity contribution in [3.8, 4) is 11.5 Å². The van der Waals surface area contributed by atoms with Crippen LogP contribution in [0.4, 0.5) is 5.69 Å². The number of nitrogens with zero attached hydrogens (tertiary/aromatic N) is 1. The van der Waals surface area contributed by atoms with Crippen molar-refractivity contribution in [1.29, 1.82) is 0 Å². The maximum atomic E-state index is 13.5. The van der Waals surface area contributed by atoms with Crippen LogP contribution < -0.4 is 13.8 Å². The first-order valence-electron chi connectivity index (χ1n) is 8.91. The Kier molecular flexibility index (Phi) is 6.35. The Balaban J connectivity index is 2.08. The monoisotopic (exact) mass is 431 g/mol. The molecule has 0 heterocycles. The number of aryl methyl sites for hydroxylation is 1. The van der Waals surface area contributed by atoms with Crippen LogP contribution >= 0.6 is 11.6 Å². The van der Waals surface area contributed by atoms with Crippen molar-refractivity contribution >= 4 is 27.3 Å². The highest BCUT2D eigenvalue weighted by Crippen LogP contribution is 2.32. The predicted octanol–water partition coefficient (Wildman–Crippen LogP) is 5.06. The molecule has 3 rings (SSSR count). The predicted molar refractivity (Wildman–Crippen MR) is 116 cm³/mol. The molecule has 0 atom stereocenters. The van der Waals surface area contributed by atoms with E-state index in [0.717, 1.165) is 11.1 Å². The summed E-state index contributed by atoms with van der Waals surface area (Å²) in [6.07, 6.45) is 0. The zero-order chi connectivity index (χ0) is 21.0. The molecule has 0 aliphatic heterocycles. The summed E-state index contributed by atoms with van der Waals surface area (Å²) in [6.45, 7) is 2.02. The molecule has 0 unspecified atom stereocenters. The van der Waals surface area contributed by atoms with Gasteiger partial charge in [-0.25, -0.2) is 8.42 Å². The molecule has 3 aromatic carbocycles. The Morgan fingerprint density at radius 1 is 0.897 bits per heavy atom. The molecule has 0 radical (unpaired) electrons. The molecule has 3 aromatic rings. The lowest BCUT2D eigenvalue weighted by molar-refractivity contribution is 0.354. The SMILES string of the molecule is COc1ccc(CN(c2cccc(Cl)c2)S(=O)(=O)c2ccc(C)cc2)cc1OC. The number of hydrogen-bond donors (Lipinski definition) is 0. The van der Waals surface area contributed by atoms with Gasteiger partial charge in [0.2, 0.25) is 0 Å². The first-order valence-corrected chi connectivity index (χ1v) is 10.7. The number of halogens is 1. The number of benzene rings is 3. The van der Waals surface area contributed by atoms with Gasteiger partial charge in [-0.15, -0.1) is 0 Å². The second kappa shape index (κ2) is 8.76. The second-order valence-electron chi connectivity index (χ2n) is 6.49. The molecule has 0 aliphatic carbocycles. The Labute approximate surface area is 176 Å². The van der Waals surface area contributed by atoms with E-state index in [1.807, 2.05) is 13.0 Å². The molecule has 0 saturated heterocycles. The Morgan fingerprint density at radius 2 is 1.59 bits per heavy atom. The lowest BCUT2D eigenvalue weighted by atomic mass is 10.2. The normalized spacial score (nSPS) is 11.2. The van der Waals surface area contributed by atoms with Gasteiger partial charge >= 0.3 is 0 Å². The van der Waals surface area contributed by atoms with Crippen LogP contribution in [0.3, 0.4) is 0 Å². The lowest BCUT2D eigenvalue weighted by Gasteiger charge is -2.25. The smallest absolute Gasteiger partial charge is 0.264 e. The largest absolute Gasteiger partial charge is 0.493 e. The number of sulfonamides is 1. The highest BCUT2D eigenvalue weighted by molar-refractivity contribution is 7.92. The minimum atomic E-state index is -3.82. The maximum Gasteiger partial charge on any atom is 0.264 e. The molecule has 29 heavy (non-hydrogen) atoms. The minimum Gasteiger partial charge on any atom is -0.493 e. The van der Waals surface area contributed by atoms with E-state index < -0.39 is 10.0 Å². The van der Waals surface area contributed by atoms with E-state index in [1.165, 1.54) is 4.31 Å². The Hall–Kier alpha value is -2.70. The van der Waals surface area contributed by atoms with E-state index in [9.17, 15) is 8.42 Å². The number of ether oxygens (including phenoxy) is 2. The summed E-state index contributed by atoms with van der Waals surface area (Å²) in [5, 5.41) is 0.457. The van der Waals surface area contributed by atoms with Gasteiger partial charge in [-0.3, -0.25) is 4.31 Å².